The lowest BCUT2D eigenvalue weighted by atomic mass is 9.77. The van der Waals surface area contributed by atoms with Crippen molar-refractivity contribution in [2.24, 2.45) is 5.92 Å². The van der Waals surface area contributed by atoms with Gasteiger partial charge in [0.05, 0.1) is 17.2 Å². The van der Waals surface area contributed by atoms with Crippen LogP contribution in [0.25, 0.3) is 11.1 Å². The number of nitrogens with zero attached hydrogens (tertiary/aromatic N) is 1. The Morgan fingerprint density at radius 2 is 1.47 bits per heavy atom. The zero-order valence-corrected chi connectivity index (χ0v) is 20.0. The van der Waals surface area contributed by atoms with Crippen LogP contribution in [0, 0.1) is 17.2 Å². The minimum absolute atomic E-state index is 0.336. The smallest absolute Gasteiger partial charge is 0.343 e. The molecule has 1 aliphatic rings. The minimum Gasteiger partial charge on any atom is -0.423 e. The Morgan fingerprint density at radius 1 is 0.853 bits per heavy atom. The van der Waals surface area contributed by atoms with Crippen LogP contribution >= 0.6 is 0 Å². The first-order chi connectivity index (χ1) is 16.7. The molecule has 3 heteroatoms. The fourth-order valence-electron chi connectivity index (χ4n) is 4.98. The number of unbranched alkanes of at least 4 members (excludes halogenated alkanes) is 2. The molecule has 0 aromatic heterocycles. The van der Waals surface area contributed by atoms with Gasteiger partial charge in [-0.05, 0) is 90.6 Å². The standard InChI is InChI=1S/C31H33NO2/c1-2-3-4-5-23-6-10-25(11-7-23)27-14-16-29(17-15-27)31(33)34-30-20-18-28(19-21-30)26-12-8-24(22-32)9-13-26/h8-9,12-21,23,25H,2-7,10-11H2,1H3. The second-order valence-corrected chi connectivity index (χ2v) is 9.44. The van der Waals surface area contributed by atoms with Gasteiger partial charge in [0.25, 0.3) is 0 Å². The first kappa shape index (κ1) is 23.8. The second kappa shape index (κ2) is 11.7. The quantitative estimate of drug-likeness (QED) is 0.197. The van der Waals surface area contributed by atoms with Crippen molar-refractivity contribution >= 4 is 5.97 Å². The normalized spacial score (nSPS) is 17.6. The van der Waals surface area contributed by atoms with Crippen LogP contribution in [-0.4, -0.2) is 5.97 Å². The van der Waals surface area contributed by atoms with Crippen LogP contribution < -0.4 is 4.74 Å². The van der Waals surface area contributed by atoms with Crippen LogP contribution in [0.2, 0.25) is 0 Å². The molecule has 3 nitrogen and oxygen atoms in total. The number of hydrogen-bond acceptors (Lipinski definition) is 3. The highest BCUT2D eigenvalue weighted by Gasteiger charge is 2.22. The Labute approximate surface area is 203 Å². The molecule has 0 heterocycles. The summed E-state index contributed by atoms with van der Waals surface area (Å²) in [4.78, 5) is 12.6. The van der Waals surface area contributed by atoms with E-state index in [9.17, 15) is 4.79 Å². The molecular weight excluding hydrogens is 418 g/mol. The third-order valence-electron chi connectivity index (χ3n) is 7.09. The van der Waals surface area contributed by atoms with Crippen molar-refractivity contribution in [3.8, 4) is 22.9 Å². The summed E-state index contributed by atoms with van der Waals surface area (Å²) < 4.78 is 5.59. The molecule has 0 saturated heterocycles. The van der Waals surface area contributed by atoms with Crippen LogP contribution in [0.4, 0.5) is 0 Å². The lowest BCUT2D eigenvalue weighted by Gasteiger charge is -2.29. The van der Waals surface area contributed by atoms with Crippen molar-refractivity contribution in [3.63, 3.8) is 0 Å². The maximum absolute atomic E-state index is 12.6. The molecule has 0 unspecified atom stereocenters. The zero-order valence-electron chi connectivity index (χ0n) is 20.0. The van der Waals surface area contributed by atoms with Crippen LogP contribution in [0.3, 0.4) is 0 Å². The first-order valence-electron chi connectivity index (χ1n) is 12.6. The average molecular weight is 452 g/mol. The number of hydrogen-bond donors (Lipinski definition) is 0. The maximum Gasteiger partial charge on any atom is 0.343 e. The van der Waals surface area contributed by atoms with Crippen molar-refractivity contribution < 1.29 is 9.53 Å². The summed E-state index contributed by atoms with van der Waals surface area (Å²) in [6.07, 6.45) is 10.6. The van der Waals surface area contributed by atoms with Gasteiger partial charge in [0.15, 0.2) is 0 Å². The van der Waals surface area contributed by atoms with Crippen molar-refractivity contribution in [2.45, 2.75) is 64.2 Å². The molecule has 174 valence electrons. The van der Waals surface area contributed by atoms with Gasteiger partial charge in [-0.1, -0.05) is 69.0 Å². The molecule has 0 aliphatic heterocycles. The van der Waals surface area contributed by atoms with Crippen LogP contribution in [-0.2, 0) is 0 Å². The van der Waals surface area contributed by atoms with E-state index in [-0.39, 0.29) is 5.97 Å². The van der Waals surface area contributed by atoms with E-state index in [0.717, 1.165) is 17.0 Å². The Morgan fingerprint density at radius 3 is 2.06 bits per heavy atom. The molecular formula is C31H33NO2. The van der Waals surface area contributed by atoms with E-state index in [1.54, 1.807) is 24.3 Å². The zero-order chi connectivity index (χ0) is 23.8. The molecule has 3 aromatic rings. The van der Waals surface area contributed by atoms with E-state index in [0.29, 0.717) is 22.8 Å². The predicted molar refractivity (Wildman–Crippen MR) is 137 cm³/mol. The molecule has 1 aliphatic carbocycles. The Kier molecular flexibility index (Phi) is 8.15. The lowest BCUT2D eigenvalue weighted by molar-refractivity contribution is 0.0734. The molecule has 0 spiro atoms. The highest BCUT2D eigenvalue weighted by atomic mass is 16.5. The van der Waals surface area contributed by atoms with E-state index in [1.165, 1.54) is 56.9 Å². The van der Waals surface area contributed by atoms with Gasteiger partial charge in [-0.2, -0.15) is 5.26 Å². The number of carbonyl (C=O) groups excluding carboxylic acids is 1. The van der Waals surface area contributed by atoms with Crippen LogP contribution in [0.1, 0.15) is 85.7 Å². The molecule has 4 rings (SSSR count). The Bertz CT molecular complexity index is 1100. The average Bonchev–Trinajstić information content (AvgIpc) is 2.90. The second-order valence-electron chi connectivity index (χ2n) is 9.44. The summed E-state index contributed by atoms with van der Waals surface area (Å²) in [5, 5.41) is 8.94. The molecule has 3 aromatic carbocycles. The lowest BCUT2D eigenvalue weighted by Crippen LogP contribution is -2.14. The Hall–Kier alpha value is -3.38. The van der Waals surface area contributed by atoms with Crippen molar-refractivity contribution in [1.82, 2.24) is 0 Å². The fourth-order valence-corrected chi connectivity index (χ4v) is 4.98. The Balaban J connectivity index is 1.30. The number of benzene rings is 3. The monoisotopic (exact) mass is 451 g/mol. The van der Waals surface area contributed by atoms with Crippen molar-refractivity contribution in [3.05, 3.63) is 89.5 Å². The summed E-state index contributed by atoms with van der Waals surface area (Å²) >= 11 is 0. The largest absolute Gasteiger partial charge is 0.423 e. The highest BCUT2D eigenvalue weighted by Crippen LogP contribution is 2.37. The molecule has 0 radical (unpaired) electrons. The summed E-state index contributed by atoms with van der Waals surface area (Å²) in [5.74, 6) is 1.70. The van der Waals surface area contributed by atoms with Crippen LogP contribution in [0.5, 0.6) is 5.75 Å². The fraction of sp³-hybridized carbons (Fsp3) is 0.355. The first-order valence-corrected chi connectivity index (χ1v) is 12.6. The van der Waals surface area contributed by atoms with Gasteiger partial charge < -0.3 is 4.74 Å². The van der Waals surface area contributed by atoms with Gasteiger partial charge in [-0.25, -0.2) is 4.79 Å². The van der Waals surface area contributed by atoms with Crippen molar-refractivity contribution in [1.29, 1.82) is 5.26 Å². The van der Waals surface area contributed by atoms with Gasteiger partial charge in [-0.15, -0.1) is 0 Å². The third kappa shape index (κ3) is 6.14. The highest BCUT2D eigenvalue weighted by molar-refractivity contribution is 5.91. The third-order valence-corrected chi connectivity index (χ3v) is 7.09. The number of esters is 1. The SMILES string of the molecule is CCCCCC1CCC(c2ccc(C(=O)Oc3ccc(-c4ccc(C#N)cc4)cc3)cc2)CC1. The molecule has 0 N–H and O–H groups in total. The molecule has 0 amide bonds. The summed E-state index contributed by atoms with van der Waals surface area (Å²) in [7, 11) is 0. The van der Waals surface area contributed by atoms with Crippen molar-refractivity contribution in [2.75, 3.05) is 0 Å². The van der Waals surface area contributed by atoms with E-state index >= 15 is 0 Å². The predicted octanol–water partition coefficient (Wildman–Crippen LogP) is 8.30. The van der Waals surface area contributed by atoms with Gasteiger partial charge in [0, 0.05) is 0 Å². The maximum atomic E-state index is 12.6. The molecule has 0 atom stereocenters. The minimum atomic E-state index is -0.336. The van der Waals surface area contributed by atoms with Gasteiger partial charge in [0.2, 0.25) is 0 Å². The van der Waals surface area contributed by atoms with E-state index in [1.807, 2.05) is 36.4 Å². The number of carbonyl (C=O) groups is 1. The van der Waals surface area contributed by atoms with Gasteiger partial charge in [-0.3, -0.25) is 0 Å². The number of nitriles is 1. The van der Waals surface area contributed by atoms with Gasteiger partial charge >= 0.3 is 5.97 Å². The number of rotatable bonds is 8. The molecule has 1 fully saturated rings. The van der Waals surface area contributed by atoms with E-state index in [4.69, 9.17) is 10.00 Å². The molecule has 34 heavy (non-hydrogen) atoms. The molecule has 0 bridgehead atoms. The van der Waals surface area contributed by atoms with Gasteiger partial charge in [0.1, 0.15) is 5.75 Å². The van der Waals surface area contributed by atoms with E-state index < -0.39 is 0 Å². The summed E-state index contributed by atoms with van der Waals surface area (Å²) in [6, 6.07) is 25.0. The summed E-state index contributed by atoms with van der Waals surface area (Å²) in [6.45, 7) is 2.27. The summed E-state index contributed by atoms with van der Waals surface area (Å²) in [5.41, 5.74) is 4.58. The van der Waals surface area contributed by atoms with E-state index in [2.05, 4.69) is 25.1 Å². The topological polar surface area (TPSA) is 50.1 Å². The molecule has 1 saturated carbocycles. The van der Waals surface area contributed by atoms with Crippen LogP contribution in [0.15, 0.2) is 72.8 Å². The number of ether oxygens (including phenoxy) is 1.